The molecule has 0 bridgehead atoms. The lowest BCUT2D eigenvalue weighted by Gasteiger charge is -2.13. The van der Waals surface area contributed by atoms with Gasteiger partial charge in [0.25, 0.3) is 0 Å². The van der Waals surface area contributed by atoms with Crippen molar-refractivity contribution in [2.45, 2.75) is 24.7 Å². The lowest BCUT2D eigenvalue weighted by molar-refractivity contribution is -0.144. The number of carbonyl (C=O) groups is 2. The van der Waals surface area contributed by atoms with Gasteiger partial charge in [-0.05, 0) is 65.7 Å². The van der Waals surface area contributed by atoms with Crippen LogP contribution in [-0.4, -0.2) is 21.6 Å². The quantitative estimate of drug-likeness (QED) is 0.247. The molecule has 2 aromatic carbocycles. The van der Waals surface area contributed by atoms with Crippen LogP contribution in [0.3, 0.4) is 0 Å². The summed E-state index contributed by atoms with van der Waals surface area (Å²) in [5.74, 6) is -0.488. The third kappa shape index (κ3) is 9.60. The van der Waals surface area contributed by atoms with E-state index < -0.39 is 81.7 Å². The molecule has 0 unspecified atom stereocenters. The van der Waals surface area contributed by atoms with Crippen LogP contribution < -0.4 is 21.6 Å². The Morgan fingerprint density at radius 3 is 1.39 bits per heavy atom. The number of nitrogens with zero attached hydrogens (tertiary/aromatic N) is 2. The Balaban J connectivity index is 1.66. The third-order valence-electron chi connectivity index (χ3n) is 5.46. The molecule has 0 aliphatic carbocycles. The van der Waals surface area contributed by atoms with Crippen molar-refractivity contribution in [3.05, 3.63) is 105 Å². The molecule has 0 radical (unpaired) electrons. The summed E-state index contributed by atoms with van der Waals surface area (Å²) >= 11 is 0. The molecule has 3 N–H and O–H groups in total. The molecule has 246 valence electrons. The van der Waals surface area contributed by atoms with E-state index in [9.17, 15) is 67.1 Å². The Bertz CT molecular complexity index is 1670. The molecule has 3 aromatic rings. The first-order valence-corrected chi connectivity index (χ1v) is 11.9. The zero-order valence-corrected chi connectivity index (χ0v) is 22.1. The average molecular weight is 673 g/mol. The van der Waals surface area contributed by atoms with E-state index in [4.69, 9.17) is 0 Å². The molecule has 1 aromatic heterocycles. The van der Waals surface area contributed by atoms with E-state index in [1.807, 2.05) is 16.0 Å². The summed E-state index contributed by atoms with van der Waals surface area (Å²) in [6.07, 6.45) is -16.9. The molecule has 8 nitrogen and oxygen atoms in total. The van der Waals surface area contributed by atoms with Crippen LogP contribution in [0.2, 0.25) is 0 Å². The van der Waals surface area contributed by atoms with Crippen LogP contribution in [0.25, 0.3) is 12.2 Å². The fourth-order valence-electron chi connectivity index (χ4n) is 3.42. The Labute approximate surface area is 248 Å². The number of urea groups is 1. The second-order valence-electron chi connectivity index (χ2n) is 8.86. The van der Waals surface area contributed by atoms with E-state index in [-0.39, 0.29) is 12.1 Å². The van der Waals surface area contributed by atoms with Gasteiger partial charge in [0.1, 0.15) is 5.82 Å². The molecule has 0 aliphatic rings. The monoisotopic (exact) mass is 673 g/mol. The fraction of sp³-hybridized carbons (Fsp3) is 0.154. The van der Waals surface area contributed by atoms with E-state index >= 15 is 0 Å². The first-order chi connectivity index (χ1) is 21.0. The number of carbonyl (C=O) groups excluding carboxylic acids is 2. The second kappa shape index (κ2) is 13.0. The lowest BCUT2D eigenvalue weighted by Crippen LogP contribution is -2.35. The van der Waals surface area contributed by atoms with Crippen molar-refractivity contribution in [2.24, 2.45) is 0 Å². The highest BCUT2D eigenvalue weighted by Gasteiger charge is 2.38. The predicted octanol–water partition coefficient (Wildman–Crippen LogP) is 7.34. The molecule has 3 rings (SSSR count). The molecular formula is C26H15F12N5O3. The highest BCUT2D eigenvalue weighted by atomic mass is 19.4. The van der Waals surface area contributed by atoms with Gasteiger partial charge in [0, 0.05) is 18.6 Å². The highest BCUT2D eigenvalue weighted by Crippen LogP contribution is 2.37. The van der Waals surface area contributed by atoms with Gasteiger partial charge in [-0.25, -0.2) is 19.0 Å². The molecule has 0 spiro atoms. The average Bonchev–Trinajstić information content (AvgIpc) is 2.91. The number of aromatic nitrogens is 2. The van der Waals surface area contributed by atoms with E-state index in [1.54, 1.807) is 0 Å². The van der Waals surface area contributed by atoms with Crippen molar-refractivity contribution in [3.8, 4) is 0 Å². The summed E-state index contributed by atoms with van der Waals surface area (Å²) in [5, 5.41) is 5.87. The van der Waals surface area contributed by atoms with Crippen LogP contribution in [0.15, 0.2) is 65.9 Å². The minimum absolute atomic E-state index is 0.0920. The Morgan fingerprint density at radius 2 is 1.02 bits per heavy atom. The van der Waals surface area contributed by atoms with Crippen LogP contribution in [0, 0.1) is 0 Å². The van der Waals surface area contributed by atoms with Crippen molar-refractivity contribution >= 4 is 30.0 Å². The number of anilines is 1. The molecule has 0 aliphatic heterocycles. The van der Waals surface area contributed by atoms with Gasteiger partial charge < -0.3 is 10.6 Å². The number of alkyl halides is 12. The SMILES string of the molecule is O=C(N/C=C/c1cc(C(F)(F)F)cc(C(F)(F)F)c1)Nc1ccn(C(=O)N/C=C/c2cc(C(F)(F)F)cc(C(F)(F)F)c2)c(=O)n1. The molecule has 20 heteroatoms. The maximum absolute atomic E-state index is 13.0. The minimum atomic E-state index is -5.11. The summed E-state index contributed by atoms with van der Waals surface area (Å²) in [4.78, 5) is 39.8. The van der Waals surface area contributed by atoms with Gasteiger partial charge in [0.2, 0.25) is 0 Å². The molecule has 3 amide bonds. The normalized spacial score (nSPS) is 12.9. The second-order valence-corrected chi connectivity index (χ2v) is 8.86. The molecule has 0 atom stereocenters. The van der Waals surface area contributed by atoms with E-state index in [2.05, 4.69) is 4.98 Å². The maximum Gasteiger partial charge on any atom is 0.416 e. The summed E-state index contributed by atoms with van der Waals surface area (Å²) in [6.45, 7) is 0. The Hall–Kier alpha value is -5.30. The van der Waals surface area contributed by atoms with Gasteiger partial charge >= 0.3 is 42.5 Å². The smallest absolute Gasteiger partial charge is 0.314 e. The van der Waals surface area contributed by atoms with E-state index in [0.29, 0.717) is 47.3 Å². The van der Waals surface area contributed by atoms with Crippen LogP contribution in [-0.2, 0) is 24.7 Å². The molecule has 0 fully saturated rings. The number of hydrogen-bond acceptors (Lipinski definition) is 4. The number of rotatable bonds is 5. The Morgan fingerprint density at radius 1 is 0.630 bits per heavy atom. The van der Waals surface area contributed by atoms with Gasteiger partial charge in [-0.3, -0.25) is 5.32 Å². The summed E-state index contributed by atoms with van der Waals surface area (Å²) in [6, 6.07) is -0.193. The van der Waals surface area contributed by atoms with Gasteiger partial charge in [-0.15, -0.1) is 0 Å². The summed E-state index contributed by atoms with van der Waals surface area (Å²) in [5.41, 5.74) is -8.91. The molecule has 0 saturated carbocycles. The topological polar surface area (TPSA) is 105 Å². The largest absolute Gasteiger partial charge is 0.416 e. The van der Waals surface area contributed by atoms with E-state index in [0.717, 1.165) is 18.3 Å². The zero-order valence-electron chi connectivity index (χ0n) is 22.1. The van der Waals surface area contributed by atoms with Crippen LogP contribution in [0.5, 0.6) is 0 Å². The van der Waals surface area contributed by atoms with Crippen LogP contribution >= 0.6 is 0 Å². The van der Waals surface area contributed by atoms with Crippen LogP contribution in [0.4, 0.5) is 68.1 Å². The van der Waals surface area contributed by atoms with Gasteiger partial charge in [-0.1, -0.05) is 0 Å². The van der Waals surface area contributed by atoms with Crippen molar-refractivity contribution in [2.75, 3.05) is 5.32 Å². The van der Waals surface area contributed by atoms with Crippen molar-refractivity contribution < 1.29 is 62.3 Å². The van der Waals surface area contributed by atoms with Gasteiger partial charge in [-0.2, -0.15) is 57.7 Å². The number of hydrogen-bond donors (Lipinski definition) is 3. The highest BCUT2D eigenvalue weighted by molar-refractivity contribution is 5.89. The maximum atomic E-state index is 13.0. The third-order valence-corrected chi connectivity index (χ3v) is 5.46. The first kappa shape index (κ1) is 35.2. The number of benzene rings is 2. The number of halogens is 12. The van der Waals surface area contributed by atoms with Gasteiger partial charge in [0.05, 0.1) is 22.3 Å². The summed E-state index contributed by atoms with van der Waals surface area (Å²) in [7, 11) is 0. The molecule has 0 saturated heterocycles. The number of amides is 3. The fourth-order valence-corrected chi connectivity index (χ4v) is 3.42. The van der Waals surface area contributed by atoms with E-state index in [1.165, 1.54) is 0 Å². The van der Waals surface area contributed by atoms with Crippen LogP contribution in [0.1, 0.15) is 33.4 Å². The van der Waals surface area contributed by atoms with Gasteiger partial charge in [0.15, 0.2) is 0 Å². The molecule has 46 heavy (non-hydrogen) atoms. The molecule has 1 heterocycles. The van der Waals surface area contributed by atoms with Crippen molar-refractivity contribution in [1.82, 2.24) is 20.2 Å². The predicted molar refractivity (Wildman–Crippen MR) is 136 cm³/mol. The van der Waals surface area contributed by atoms with Crippen molar-refractivity contribution in [1.29, 1.82) is 0 Å². The lowest BCUT2D eigenvalue weighted by atomic mass is 10.0. The number of nitrogens with one attached hydrogen (secondary N) is 3. The molecular weight excluding hydrogens is 658 g/mol. The minimum Gasteiger partial charge on any atom is -0.314 e. The standard InChI is InChI=1S/C26H15F12N5O3/c27-23(28,29)15-7-13(8-16(11-15)24(30,31)32)1-4-39-20(44)41-19-3-6-43(22(46)42-19)21(45)40-5-2-14-9-17(25(33,34)35)12-18(10-14)26(36,37)38/h1-12H,(H,40,45)(H2,39,41,42,44,46)/b4-1+,5-2+. The summed E-state index contributed by atoms with van der Waals surface area (Å²) < 4.78 is 156. The first-order valence-electron chi connectivity index (χ1n) is 11.9. The Kier molecular flexibility index (Phi) is 9.92. The zero-order chi connectivity index (χ0) is 34.7. The van der Waals surface area contributed by atoms with Crippen molar-refractivity contribution in [3.63, 3.8) is 0 Å².